The topological polar surface area (TPSA) is 63.7 Å². The third kappa shape index (κ3) is 6.91. The van der Waals surface area contributed by atoms with Crippen molar-refractivity contribution < 1.29 is 14.3 Å². The molecule has 0 saturated carbocycles. The van der Waals surface area contributed by atoms with Gasteiger partial charge in [0.2, 0.25) is 5.91 Å². The largest absolute Gasteiger partial charge is 0.494 e. The van der Waals surface area contributed by atoms with Crippen LogP contribution in [0.5, 0.6) is 5.75 Å². The van der Waals surface area contributed by atoms with E-state index in [0.717, 1.165) is 96.3 Å². The van der Waals surface area contributed by atoms with Gasteiger partial charge in [-0.2, -0.15) is 0 Å². The van der Waals surface area contributed by atoms with E-state index in [0.29, 0.717) is 11.6 Å². The SMILES string of the molecule is Cl.O=C1Cc2c(-c3ccc(OCCCCN4CCOCC4)cc3)cc(-c3cccc(Cl)c3)nc2-c2ccccc2N1. The summed E-state index contributed by atoms with van der Waals surface area (Å²) in [6.07, 6.45) is 2.36. The maximum absolute atomic E-state index is 12.9. The molecule has 8 heteroatoms. The zero-order valence-corrected chi connectivity index (χ0v) is 24.3. The number of hydrogen-bond acceptors (Lipinski definition) is 5. The Labute approximate surface area is 252 Å². The number of pyridine rings is 1. The molecule has 0 bridgehead atoms. The van der Waals surface area contributed by atoms with Gasteiger partial charge in [-0.1, -0.05) is 54.1 Å². The molecule has 1 aromatic heterocycles. The van der Waals surface area contributed by atoms with Crippen LogP contribution in [0, 0.1) is 0 Å². The first-order valence-electron chi connectivity index (χ1n) is 13.9. The van der Waals surface area contributed by atoms with Crippen molar-refractivity contribution >= 4 is 35.6 Å². The minimum absolute atomic E-state index is 0. The first-order valence-corrected chi connectivity index (χ1v) is 14.2. The van der Waals surface area contributed by atoms with E-state index in [1.54, 1.807) is 0 Å². The van der Waals surface area contributed by atoms with Crippen molar-refractivity contribution in [1.82, 2.24) is 9.88 Å². The molecule has 6 rings (SSSR count). The quantitative estimate of drug-likeness (QED) is 0.221. The molecule has 1 N–H and O–H groups in total. The van der Waals surface area contributed by atoms with E-state index in [4.69, 9.17) is 26.1 Å². The number of amides is 1. The van der Waals surface area contributed by atoms with Crippen LogP contribution < -0.4 is 10.1 Å². The van der Waals surface area contributed by atoms with Gasteiger partial charge in [0.15, 0.2) is 0 Å². The van der Waals surface area contributed by atoms with Gasteiger partial charge in [0, 0.05) is 29.2 Å². The summed E-state index contributed by atoms with van der Waals surface area (Å²) in [4.78, 5) is 20.5. The van der Waals surface area contributed by atoms with E-state index >= 15 is 0 Å². The molecule has 6 nitrogen and oxygen atoms in total. The van der Waals surface area contributed by atoms with E-state index in [1.165, 1.54) is 0 Å². The van der Waals surface area contributed by atoms with E-state index in [-0.39, 0.29) is 24.7 Å². The van der Waals surface area contributed by atoms with E-state index in [2.05, 4.69) is 28.4 Å². The fraction of sp³-hybridized carbons (Fsp3) is 0.273. The Morgan fingerprint density at radius 3 is 2.51 bits per heavy atom. The molecule has 1 fully saturated rings. The van der Waals surface area contributed by atoms with Gasteiger partial charge in [-0.05, 0) is 72.5 Å². The minimum atomic E-state index is -0.0539. The Balaban J connectivity index is 0.00000337. The number of aromatic nitrogens is 1. The molecule has 41 heavy (non-hydrogen) atoms. The van der Waals surface area contributed by atoms with Crippen molar-refractivity contribution in [2.24, 2.45) is 0 Å². The Kier molecular flexibility index (Phi) is 9.57. The molecule has 0 spiro atoms. The normalized spacial score (nSPS) is 14.7. The third-order valence-electron chi connectivity index (χ3n) is 7.44. The van der Waals surface area contributed by atoms with Gasteiger partial charge >= 0.3 is 0 Å². The molecular weight excluding hydrogens is 557 g/mol. The number of fused-ring (bicyclic) bond motifs is 3. The Bertz CT molecular complexity index is 1500. The summed E-state index contributed by atoms with van der Waals surface area (Å²) >= 11 is 6.34. The number of ether oxygens (including phenoxy) is 2. The van der Waals surface area contributed by atoms with Crippen LogP contribution in [0.2, 0.25) is 5.02 Å². The Hall–Kier alpha value is -3.42. The van der Waals surface area contributed by atoms with Gasteiger partial charge in [-0.3, -0.25) is 9.69 Å². The molecule has 2 aliphatic heterocycles. The lowest BCUT2D eigenvalue weighted by atomic mass is 9.92. The second-order valence-electron chi connectivity index (χ2n) is 10.2. The highest BCUT2D eigenvalue weighted by molar-refractivity contribution is 6.30. The van der Waals surface area contributed by atoms with Crippen LogP contribution in [0.3, 0.4) is 0 Å². The number of anilines is 1. The molecule has 1 saturated heterocycles. The van der Waals surface area contributed by atoms with Crippen LogP contribution in [-0.2, 0) is 16.0 Å². The molecule has 4 aromatic rings. The summed E-state index contributed by atoms with van der Waals surface area (Å²) in [6.45, 7) is 5.48. The van der Waals surface area contributed by atoms with Gasteiger partial charge < -0.3 is 14.8 Å². The number of rotatable bonds is 8. The van der Waals surface area contributed by atoms with Gasteiger partial charge in [0.05, 0.1) is 43.3 Å². The van der Waals surface area contributed by atoms with E-state index in [9.17, 15) is 4.79 Å². The zero-order chi connectivity index (χ0) is 27.3. The number of nitrogens with one attached hydrogen (secondary N) is 1. The lowest BCUT2D eigenvalue weighted by Crippen LogP contribution is -2.36. The number of hydrogen-bond donors (Lipinski definition) is 1. The molecule has 0 atom stereocenters. The highest BCUT2D eigenvalue weighted by Gasteiger charge is 2.24. The highest BCUT2D eigenvalue weighted by Crippen LogP contribution is 2.40. The number of carbonyl (C=O) groups is 1. The Morgan fingerprint density at radius 2 is 1.71 bits per heavy atom. The van der Waals surface area contributed by atoms with Crippen LogP contribution in [0.4, 0.5) is 5.69 Å². The standard InChI is InChI=1S/C33H32ClN3O3.ClH/c34-25-7-5-6-24(20-25)31-21-28(29-22-32(38)35-30-9-2-1-8-27(30)33(29)36-31)23-10-12-26(13-11-23)40-17-4-3-14-37-15-18-39-19-16-37;/h1-2,5-13,20-21H,3-4,14-19,22H2,(H,35,38);1H. The number of morpholine rings is 1. The predicted molar refractivity (Wildman–Crippen MR) is 167 cm³/mol. The molecule has 0 unspecified atom stereocenters. The molecule has 0 radical (unpaired) electrons. The molecule has 0 aliphatic carbocycles. The number of halogens is 2. The van der Waals surface area contributed by atoms with Crippen molar-refractivity contribution in [2.45, 2.75) is 19.3 Å². The number of benzene rings is 3. The fourth-order valence-electron chi connectivity index (χ4n) is 5.36. The van der Waals surface area contributed by atoms with Crippen molar-refractivity contribution in [2.75, 3.05) is 44.8 Å². The second kappa shape index (κ2) is 13.5. The monoisotopic (exact) mass is 589 g/mol. The predicted octanol–water partition coefficient (Wildman–Crippen LogP) is 7.14. The lowest BCUT2D eigenvalue weighted by molar-refractivity contribution is -0.115. The molecule has 2 aliphatic rings. The summed E-state index contributed by atoms with van der Waals surface area (Å²) in [5.74, 6) is 0.787. The summed E-state index contributed by atoms with van der Waals surface area (Å²) in [7, 11) is 0. The average Bonchev–Trinajstić information content (AvgIpc) is 3.13. The summed E-state index contributed by atoms with van der Waals surface area (Å²) in [5, 5.41) is 3.70. The average molecular weight is 591 g/mol. The van der Waals surface area contributed by atoms with Crippen molar-refractivity contribution in [1.29, 1.82) is 0 Å². The van der Waals surface area contributed by atoms with Crippen molar-refractivity contribution in [3.05, 3.63) is 89.4 Å². The maximum Gasteiger partial charge on any atom is 0.228 e. The van der Waals surface area contributed by atoms with Crippen molar-refractivity contribution in [3.63, 3.8) is 0 Å². The van der Waals surface area contributed by atoms with Crippen LogP contribution in [0.15, 0.2) is 78.9 Å². The minimum Gasteiger partial charge on any atom is -0.494 e. The summed E-state index contributed by atoms with van der Waals surface area (Å²) < 4.78 is 11.5. The van der Waals surface area contributed by atoms with Crippen LogP contribution >= 0.6 is 24.0 Å². The second-order valence-corrected chi connectivity index (χ2v) is 10.6. The number of nitrogens with zero attached hydrogens (tertiary/aromatic N) is 2. The van der Waals surface area contributed by atoms with Crippen LogP contribution in [-0.4, -0.2) is 55.2 Å². The van der Waals surface area contributed by atoms with Gasteiger partial charge in [0.25, 0.3) is 0 Å². The van der Waals surface area contributed by atoms with Crippen molar-refractivity contribution in [3.8, 4) is 39.4 Å². The smallest absolute Gasteiger partial charge is 0.228 e. The Morgan fingerprint density at radius 1 is 0.902 bits per heavy atom. The first-order chi connectivity index (χ1) is 19.6. The first kappa shape index (κ1) is 29.1. The molecule has 1 amide bonds. The summed E-state index contributed by atoms with van der Waals surface area (Å²) in [6, 6.07) is 25.7. The molecule has 3 aromatic carbocycles. The molecule has 3 heterocycles. The number of para-hydroxylation sites is 1. The van der Waals surface area contributed by atoms with E-state index < -0.39 is 0 Å². The van der Waals surface area contributed by atoms with E-state index in [1.807, 2.05) is 60.7 Å². The molecular formula is C33H33Cl2N3O3. The van der Waals surface area contributed by atoms with Gasteiger partial charge in [-0.15, -0.1) is 12.4 Å². The van der Waals surface area contributed by atoms with Gasteiger partial charge in [0.1, 0.15) is 5.75 Å². The van der Waals surface area contributed by atoms with Gasteiger partial charge in [-0.25, -0.2) is 4.98 Å². The zero-order valence-electron chi connectivity index (χ0n) is 22.8. The lowest BCUT2D eigenvalue weighted by Gasteiger charge is -2.26. The number of carbonyl (C=O) groups excluding carboxylic acids is 1. The highest BCUT2D eigenvalue weighted by atomic mass is 35.5. The molecule has 212 valence electrons. The third-order valence-corrected chi connectivity index (χ3v) is 7.68. The fourth-order valence-corrected chi connectivity index (χ4v) is 5.55. The van der Waals surface area contributed by atoms with Crippen LogP contribution in [0.25, 0.3) is 33.6 Å². The number of unbranched alkanes of at least 4 members (excludes halogenated alkanes) is 1. The summed E-state index contributed by atoms with van der Waals surface area (Å²) in [5.41, 5.74) is 7.11. The van der Waals surface area contributed by atoms with Crippen LogP contribution in [0.1, 0.15) is 18.4 Å². The maximum atomic E-state index is 12.9.